The van der Waals surface area contributed by atoms with Gasteiger partial charge in [-0.05, 0) is 37.9 Å². The van der Waals surface area contributed by atoms with Crippen molar-refractivity contribution in [1.29, 1.82) is 0 Å². The molecule has 0 aliphatic carbocycles. The number of aliphatic carboxylic acids is 1. The normalized spacial score (nSPS) is 11.3. The summed E-state index contributed by atoms with van der Waals surface area (Å²) < 4.78 is 6.20. The van der Waals surface area contributed by atoms with E-state index in [1.54, 1.807) is 6.07 Å². The molecule has 0 atom stereocenters. The molecule has 7 heteroatoms. The highest BCUT2D eigenvalue weighted by Crippen LogP contribution is 2.27. The van der Waals surface area contributed by atoms with Crippen LogP contribution in [0.15, 0.2) is 25.3 Å². The summed E-state index contributed by atoms with van der Waals surface area (Å²) in [5.41, 5.74) is -0.360. The molecule has 0 unspecified atom stereocenters. The zero-order valence-electron chi connectivity index (χ0n) is 8.04. The Kier molecular flexibility index (Phi) is 4.31. The fourth-order valence-corrected chi connectivity index (χ4v) is 1.52. The molecule has 5 nitrogen and oxygen atoms in total. The fourth-order valence-electron chi connectivity index (χ4n) is 0.912. The molecule has 1 amide bonds. The van der Waals surface area contributed by atoms with Gasteiger partial charge in [0.25, 0.3) is 0 Å². The van der Waals surface area contributed by atoms with Crippen LogP contribution in [0.25, 0.3) is 6.08 Å². The van der Waals surface area contributed by atoms with Gasteiger partial charge in [-0.3, -0.25) is 4.79 Å². The molecule has 1 heterocycles. The van der Waals surface area contributed by atoms with Crippen LogP contribution in [0, 0.1) is 0 Å². The molecule has 1 aromatic rings. The van der Waals surface area contributed by atoms with Crippen molar-refractivity contribution in [3.63, 3.8) is 0 Å². The number of hydrogen-bond acceptors (Lipinski definition) is 4. The third kappa shape index (κ3) is 3.49. The number of carbonyl (C=O) groups excluding carboxylic acids is 2. The molecule has 0 spiro atoms. The molecule has 0 radical (unpaired) electrons. The number of halogens is 2. The van der Waals surface area contributed by atoms with Crippen LogP contribution in [0.5, 0.6) is 0 Å². The predicted octanol–water partition coefficient (Wildman–Crippen LogP) is 1.03. The number of amides is 1. The van der Waals surface area contributed by atoms with Crippen LogP contribution in [0.3, 0.4) is 0 Å². The quantitative estimate of drug-likeness (QED) is 0.824. The van der Waals surface area contributed by atoms with Crippen molar-refractivity contribution in [2.75, 3.05) is 0 Å². The van der Waals surface area contributed by atoms with Crippen LogP contribution < -0.4 is 10.4 Å². The molecule has 16 heavy (non-hydrogen) atoms. The molecule has 0 aliphatic heterocycles. The summed E-state index contributed by atoms with van der Waals surface area (Å²) in [6.45, 7) is 1.20. The van der Waals surface area contributed by atoms with Gasteiger partial charge in [0.05, 0.1) is 16.1 Å². The van der Waals surface area contributed by atoms with E-state index in [4.69, 9.17) is 4.42 Å². The molecule has 0 bridgehead atoms. The largest absolute Gasteiger partial charge is 0.543 e. The maximum absolute atomic E-state index is 10.7. The van der Waals surface area contributed by atoms with Crippen LogP contribution in [0.1, 0.15) is 12.7 Å². The Hall–Kier alpha value is -1.08. The molecule has 1 N–H and O–H groups in total. The zero-order valence-corrected chi connectivity index (χ0v) is 11.2. The van der Waals surface area contributed by atoms with E-state index in [1.807, 2.05) is 0 Å². The highest BCUT2D eigenvalue weighted by Gasteiger charge is 2.07. The Morgan fingerprint density at radius 2 is 2.12 bits per heavy atom. The van der Waals surface area contributed by atoms with Gasteiger partial charge in [-0.25, -0.2) is 0 Å². The Labute approximate surface area is 108 Å². The van der Waals surface area contributed by atoms with Gasteiger partial charge in [0.15, 0.2) is 4.67 Å². The third-order valence-electron chi connectivity index (χ3n) is 1.48. The van der Waals surface area contributed by atoms with Gasteiger partial charge in [0.2, 0.25) is 5.91 Å². The number of furan rings is 1. The van der Waals surface area contributed by atoms with E-state index in [0.717, 1.165) is 6.08 Å². The van der Waals surface area contributed by atoms with Gasteiger partial charge >= 0.3 is 0 Å². The van der Waals surface area contributed by atoms with E-state index in [2.05, 4.69) is 37.2 Å². The van der Waals surface area contributed by atoms with Crippen molar-refractivity contribution >= 4 is 49.8 Å². The minimum Gasteiger partial charge on any atom is -0.543 e. The molecular weight excluding hydrogens is 346 g/mol. The van der Waals surface area contributed by atoms with Gasteiger partial charge in [-0.1, -0.05) is 0 Å². The molecule has 86 valence electrons. The average Bonchev–Trinajstić information content (AvgIpc) is 2.44. The summed E-state index contributed by atoms with van der Waals surface area (Å²) in [6.07, 6.45) is 1.16. The second-order valence-electron chi connectivity index (χ2n) is 2.80. The minimum absolute atomic E-state index is 0.270. The molecule has 0 aliphatic rings. The first-order chi connectivity index (χ1) is 7.40. The third-order valence-corrected chi connectivity index (χ3v) is 3.19. The van der Waals surface area contributed by atoms with Crippen molar-refractivity contribution in [1.82, 2.24) is 5.32 Å². The van der Waals surface area contributed by atoms with Crippen LogP contribution in [0.4, 0.5) is 0 Å². The Bertz CT molecular complexity index is 445. The Balaban J connectivity index is 3.02. The lowest BCUT2D eigenvalue weighted by atomic mass is 10.3. The van der Waals surface area contributed by atoms with Crippen molar-refractivity contribution in [3.8, 4) is 0 Å². The molecule has 0 aromatic carbocycles. The van der Waals surface area contributed by atoms with E-state index in [-0.39, 0.29) is 11.5 Å². The first-order valence-corrected chi connectivity index (χ1v) is 5.64. The van der Waals surface area contributed by atoms with Crippen LogP contribution in [-0.4, -0.2) is 11.9 Å². The monoisotopic (exact) mass is 350 g/mol. The van der Waals surface area contributed by atoms with Gasteiger partial charge in [-0.15, -0.1) is 0 Å². The second kappa shape index (κ2) is 5.31. The van der Waals surface area contributed by atoms with Crippen LogP contribution >= 0.6 is 31.9 Å². The second-order valence-corrected chi connectivity index (χ2v) is 4.37. The molecule has 0 saturated heterocycles. The number of carboxylic acids is 1. The van der Waals surface area contributed by atoms with Gasteiger partial charge < -0.3 is 19.6 Å². The van der Waals surface area contributed by atoms with Crippen molar-refractivity contribution in [3.05, 3.63) is 26.7 Å². The van der Waals surface area contributed by atoms with Gasteiger partial charge in [0, 0.05) is 13.0 Å². The van der Waals surface area contributed by atoms with E-state index in [1.165, 1.54) is 6.92 Å². The van der Waals surface area contributed by atoms with E-state index >= 15 is 0 Å². The zero-order chi connectivity index (χ0) is 12.3. The van der Waals surface area contributed by atoms with Gasteiger partial charge in [-0.2, -0.15) is 0 Å². The van der Waals surface area contributed by atoms with Gasteiger partial charge in [0.1, 0.15) is 5.76 Å². The van der Waals surface area contributed by atoms with Crippen molar-refractivity contribution in [2.45, 2.75) is 6.92 Å². The average molecular weight is 352 g/mol. The first-order valence-electron chi connectivity index (χ1n) is 4.05. The standard InChI is InChI=1S/C9H7Br2NO4/c1-4(13)12-7(9(14)15)3-5-2-6(10)8(11)16-5/h2-3H,1H3,(H,12,13)(H,14,15)/p-1/b7-3+. The maximum atomic E-state index is 10.7. The highest BCUT2D eigenvalue weighted by molar-refractivity contribution is 9.13. The summed E-state index contributed by atoms with van der Waals surface area (Å²) in [5.74, 6) is -1.72. The predicted molar refractivity (Wildman–Crippen MR) is 60.9 cm³/mol. The smallest absolute Gasteiger partial charge is 0.221 e. The summed E-state index contributed by atoms with van der Waals surface area (Å²) in [4.78, 5) is 21.4. The fraction of sp³-hybridized carbons (Fsp3) is 0.111. The molecule has 0 fully saturated rings. The lowest BCUT2D eigenvalue weighted by Gasteiger charge is -2.07. The highest BCUT2D eigenvalue weighted by atomic mass is 79.9. The number of hydrogen-bond donors (Lipinski definition) is 1. The van der Waals surface area contributed by atoms with Crippen molar-refractivity contribution in [2.24, 2.45) is 0 Å². The number of carboxylic acid groups (broad SMARTS) is 1. The van der Waals surface area contributed by atoms with E-state index < -0.39 is 11.9 Å². The topological polar surface area (TPSA) is 82.4 Å². The first kappa shape index (κ1) is 13.0. The summed E-state index contributed by atoms with van der Waals surface area (Å²) >= 11 is 6.27. The lowest BCUT2D eigenvalue weighted by Crippen LogP contribution is -2.34. The van der Waals surface area contributed by atoms with Crippen molar-refractivity contribution < 1.29 is 19.1 Å². The van der Waals surface area contributed by atoms with Crippen LogP contribution in [0.2, 0.25) is 0 Å². The number of rotatable bonds is 3. The Morgan fingerprint density at radius 3 is 2.50 bits per heavy atom. The lowest BCUT2D eigenvalue weighted by molar-refractivity contribution is -0.299. The minimum atomic E-state index is -1.49. The van der Waals surface area contributed by atoms with E-state index in [9.17, 15) is 14.7 Å². The van der Waals surface area contributed by atoms with E-state index in [0.29, 0.717) is 9.14 Å². The van der Waals surface area contributed by atoms with Crippen LogP contribution in [-0.2, 0) is 9.59 Å². The molecular formula is C9H6Br2NO4-. The summed E-state index contributed by atoms with van der Waals surface area (Å²) in [7, 11) is 0. The number of nitrogens with one attached hydrogen (secondary N) is 1. The SMILES string of the molecule is CC(=O)N/C(=C/c1cc(Br)c(Br)o1)C(=O)[O-]. The summed E-state index contributed by atoms with van der Waals surface area (Å²) in [6, 6.07) is 1.55. The summed E-state index contributed by atoms with van der Waals surface area (Å²) in [5, 5.41) is 12.8. The maximum Gasteiger partial charge on any atom is 0.221 e. The molecule has 1 aromatic heterocycles. The molecule has 0 saturated carbocycles. The number of carbonyl (C=O) groups is 2. The Morgan fingerprint density at radius 1 is 1.50 bits per heavy atom. The molecule has 1 rings (SSSR count).